The van der Waals surface area contributed by atoms with Crippen molar-refractivity contribution in [2.45, 2.75) is 59.0 Å². The number of nitrogens with zero attached hydrogens (tertiary/aromatic N) is 4. The minimum absolute atomic E-state index is 0. The number of hydrogen-bond donors (Lipinski definition) is 2. The normalized spacial score (nSPS) is 19.6. The quantitative estimate of drug-likeness (QED) is 0.387. The Morgan fingerprint density at radius 1 is 1.40 bits per heavy atom. The molecule has 2 unspecified atom stereocenters. The van der Waals surface area contributed by atoms with Crippen LogP contribution in [0.2, 0.25) is 0 Å². The number of nitrogens with one attached hydrogen (secondary N) is 2. The minimum atomic E-state index is 0. The van der Waals surface area contributed by atoms with Crippen molar-refractivity contribution in [2.24, 2.45) is 12.0 Å². The molecular formula is C18H35IN6. The topological polar surface area (TPSA) is 57.5 Å². The van der Waals surface area contributed by atoms with E-state index in [9.17, 15) is 0 Å². The molecule has 0 bridgehead atoms. The third kappa shape index (κ3) is 5.84. The second-order valence-corrected chi connectivity index (χ2v) is 6.90. The summed E-state index contributed by atoms with van der Waals surface area (Å²) in [5.41, 5.74) is 3.70. The first-order valence-electron chi connectivity index (χ1n) is 9.16. The molecule has 25 heavy (non-hydrogen) atoms. The lowest BCUT2D eigenvalue weighted by Crippen LogP contribution is -2.47. The lowest BCUT2D eigenvalue weighted by atomic mass is 10.1. The summed E-state index contributed by atoms with van der Waals surface area (Å²) in [7, 11) is 3.85. The molecule has 0 aromatic carbocycles. The van der Waals surface area contributed by atoms with E-state index in [4.69, 9.17) is 0 Å². The molecule has 1 fully saturated rings. The molecule has 0 spiro atoms. The third-order valence-corrected chi connectivity index (χ3v) is 5.19. The molecule has 6 nitrogen and oxygen atoms in total. The summed E-state index contributed by atoms with van der Waals surface area (Å²) in [4.78, 5) is 6.93. The number of halogens is 1. The summed E-state index contributed by atoms with van der Waals surface area (Å²) in [6.45, 7) is 12.0. The summed E-state index contributed by atoms with van der Waals surface area (Å²) in [5, 5.41) is 11.5. The molecule has 0 saturated carbocycles. The molecule has 1 aromatic rings. The smallest absolute Gasteiger partial charge is 0.191 e. The first kappa shape index (κ1) is 22.2. The average Bonchev–Trinajstić information content (AvgIpc) is 3.11. The van der Waals surface area contributed by atoms with Crippen molar-refractivity contribution < 1.29 is 0 Å². The monoisotopic (exact) mass is 462 g/mol. The van der Waals surface area contributed by atoms with Gasteiger partial charge in [0, 0.05) is 38.4 Å². The number of guanidine groups is 1. The highest BCUT2D eigenvalue weighted by Gasteiger charge is 2.23. The zero-order valence-corrected chi connectivity index (χ0v) is 18.9. The number of likely N-dealkylation sites (N-methyl/N-ethyl adjacent to an activating group) is 1. The van der Waals surface area contributed by atoms with Gasteiger partial charge in [-0.2, -0.15) is 5.10 Å². The molecule has 2 atom stereocenters. The van der Waals surface area contributed by atoms with Gasteiger partial charge >= 0.3 is 0 Å². The van der Waals surface area contributed by atoms with Gasteiger partial charge in [0.05, 0.1) is 5.69 Å². The molecule has 1 aliphatic rings. The first-order chi connectivity index (χ1) is 11.5. The van der Waals surface area contributed by atoms with E-state index < -0.39 is 0 Å². The Morgan fingerprint density at radius 2 is 2.12 bits per heavy atom. The average molecular weight is 462 g/mol. The highest BCUT2D eigenvalue weighted by molar-refractivity contribution is 14.0. The van der Waals surface area contributed by atoms with Gasteiger partial charge in [-0.15, -0.1) is 24.0 Å². The van der Waals surface area contributed by atoms with Crippen molar-refractivity contribution in [3.8, 4) is 0 Å². The van der Waals surface area contributed by atoms with Crippen LogP contribution in [0, 0.1) is 13.8 Å². The predicted molar refractivity (Wildman–Crippen MR) is 116 cm³/mol. The maximum atomic E-state index is 4.51. The summed E-state index contributed by atoms with van der Waals surface area (Å²) >= 11 is 0. The highest BCUT2D eigenvalue weighted by atomic mass is 127. The van der Waals surface area contributed by atoms with E-state index in [-0.39, 0.29) is 24.0 Å². The Labute approximate surface area is 169 Å². The second-order valence-electron chi connectivity index (χ2n) is 6.90. The molecule has 144 valence electrons. The molecule has 2 rings (SSSR count). The minimum Gasteiger partial charge on any atom is -0.355 e. The Hall–Kier alpha value is -0.830. The SMILES string of the molecule is CCN1CCCC1CNC(=NC)NC(C)Cc1c(C)nn(C)c1C.I. The number of aromatic nitrogens is 2. The summed E-state index contributed by atoms with van der Waals surface area (Å²) < 4.78 is 1.96. The van der Waals surface area contributed by atoms with Gasteiger partial charge in [0.15, 0.2) is 5.96 Å². The van der Waals surface area contributed by atoms with Gasteiger partial charge in [-0.05, 0) is 58.7 Å². The Bertz CT molecular complexity index is 568. The van der Waals surface area contributed by atoms with Crippen LogP contribution in [0.4, 0.5) is 0 Å². The lowest BCUT2D eigenvalue weighted by Gasteiger charge is -2.25. The van der Waals surface area contributed by atoms with Crippen LogP contribution >= 0.6 is 24.0 Å². The van der Waals surface area contributed by atoms with E-state index >= 15 is 0 Å². The molecular weight excluding hydrogens is 427 g/mol. The van der Waals surface area contributed by atoms with E-state index in [2.05, 4.69) is 53.3 Å². The van der Waals surface area contributed by atoms with Crippen LogP contribution in [0.15, 0.2) is 4.99 Å². The van der Waals surface area contributed by atoms with Crippen molar-refractivity contribution in [1.29, 1.82) is 0 Å². The number of aryl methyl sites for hydroxylation is 2. The standard InChI is InChI=1S/C18H34N6.HI/c1-7-24-10-8-9-16(24)12-20-18(19-5)21-13(2)11-17-14(3)22-23(6)15(17)4;/h13,16H,7-12H2,1-6H3,(H2,19,20,21);1H. The van der Waals surface area contributed by atoms with Gasteiger partial charge in [0.25, 0.3) is 0 Å². The van der Waals surface area contributed by atoms with Crippen LogP contribution < -0.4 is 10.6 Å². The summed E-state index contributed by atoms with van der Waals surface area (Å²) in [6, 6.07) is 0.940. The van der Waals surface area contributed by atoms with Gasteiger partial charge in [0.2, 0.25) is 0 Å². The van der Waals surface area contributed by atoms with E-state index in [0.717, 1.165) is 31.2 Å². The van der Waals surface area contributed by atoms with Crippen molar-refractivity contribution in [1.82, 2.24) is 25.3 Å². The van der Waals surface area contributed by atoms with E-state index in [1.54, 1.807) is 0 Å². The maximum Gasteiger partial charge on any atom is 0.191 e. The fourth-order valence-electron chi connectivity index (χ4n) is 3.66. The molecule has 2 heterocycles. The summed E-state index contributed by atoms with van der Waals surface area (Å²) in [5.74, 6) is 0.893. The molecule has 7 heteroatoms. The number of aliphatic imine (C=N–C) groups is 1. The molecule has 1 aliphatic heterocycles. The number of likely N-dealkylation sites (tertiary alicyclic amines) is 1. The van der Waals surface area contributed by atoms with Crippen LogP contribution in [-0.2, 0) is 13.5 Å². The van der Waals surface area contributed by atoms with Crippen molar-refractivity contribution in [3.05, 3.63) is 17.0 Å². The van der Waals surface area contributed by atoms with Crippen LogP contribution in [0.25, 0.3) is 0 Å². The molecule has 1 saturated heterocycles. The zero-order chi connectivity index (χ0) is 17.7. The van der Waals surface area contributed by atoms with Crippen molar-refractivity contribution in [2.75, 3.05) is 26.7 Å². The highest BCUT2D eigenvalue weighted by Crippen LogP contribution is 2.16. The zero-order valence-electron chi connectivity index (χ0n) is 16.6. The van der Waals surface area contributed by atoms with Crippen LogP contribution in [0.1, 0.15) is 43.6 Å². The largest absolute Gasteiger partial charge is 0.355 e. The fourth-order valence-corrected chi connectivity index (χ4v) is 3.66. The number of hydrogen-bond acceptors (Lipinski definition) is 3. The third-order valence-electron chi connectivity index (χ3n) is 5.19. The Morgan fingerprint density at radius 3 is 2.68 bits per heavy atom. The van der Waals surface area contributed by atoms with Crippen molar-refractivity contribution in [3.63, 3.8) is 0 Å². The van der Waals surface area contributed by atoms with Gasteiger partial charge in [-0.3, -0.25) is 14.6 Å². The molecule has 0 radical (unpaired) electrons. The lowest BCUT2D eigenvalue weighted by molar-refractivity contribution is 0.267. The Balaban J connectivity index is 0.00000312. The fraction of sp³-hybridized carbons (Fsp3) is 0.778. The van der Waals surface area contributed by atoms with E-state index in [0.29, 0.717) is 12.1 Å². The van der Waals surface area contributed by atoms with E-state index in [1.165, 1.54) is 30.6 Å². The molecule has 0 amide bonds. The second kappa shape index (κ2) is 10.4. The molecule has 2 N–H and O–H groups in total. The predicted octanol–water partition coefficient (Wildman–Crippen LogP) is 2.24. The van der Waals surface area contributed by atoms with Crippen molar-refractivity contribution >= 4 is 29.9 Å². The van der Waals surface area contributed by atoms with Crippen LogP contribution in [0.3, 0.4) is 0 Å². The molecule has 1 aromatic heterocycles. The van der Waals surface area contributed by atoms with Crippen LogP contribution in [-0.4, -0.2) is 59.4 Å². The van der Waals surface area contributed by atoms with Gasteiger partial charge < -0.3 is 10.6 Å². The van der Waals surface area contributed by atoms with E-state index in [1.807, 2.05) is 18.8 Å². The van der Waals surface area contributed by atoms with Gasteiger partial charge in [-0.1, -0.05) is 6.92 Å². The summed E-state index contributed by atoms with van der Waals surface area (Å²) in [6.07, 6.45) is 3.54. The Kier molecular flexibility index (Phi) is 9.20. The van der Waals surface area contributed by atoms with Crippen LogP contribution in [0.5, 0.6) is 0 Å². The maximum absolute atomic E-state index is 4.51. The molecule has 0 aliphatic carbocycles. The van der Waals surface area contributed by atoms with Gasteiger partial charge in [0.1, 0.15) is 0 Å². The number of rotatable bonds is 6. The van der Waals surface area contributed by atoms with Gasteiger partial charge in [-0.25, -0.2) is 0 Å². The first-order valence-corrected chi connectivity index (χ1v) is 9.16.